The molecule has 3 aliphatic rings. The Labute approximate surface area is 267 Å². The van der Waals surface area contributed by atoms with Crippen LogP contribution in [0.2, 0.25) is 0 Å². The smallest absolute Gasteiger partial charge is 0.335 e. The van der Waals surface area contributed by atoms with E-state index >= 15 is 0 Å². The van der Waals surface area contributed by atoms with E-state index in [9.17, 15) is 18.3 Å². The summed E-state index contributed by atoms with van der Waals surface area (Å²) in [5, 5.41) is 10.3. The number of fused-ring (bicyclic) bond motifs is 1. The predicted octanol–water partition coefficient (Wildman–Crippen LogP) is 5.86. The summed E-state index contributed by atoms with van der Waals surface area (Å²) in [4.78, 5) is 24.2. The Morgan fingerprint density at radius 3 is 2.18 bits per heavy atom. The van der Waals surface area contributed by atoms with E-state index in [1.54, 1.807) is 36.4 Å². The number of hydrogen-bond donors (Lipinski definition) is 1. The molecular formula is C35H46N4O5S. The number of ether oxygens (including phenoxy) is 1. The fourth-order valence-electron chi connectivity index (χ4n) is 7.35. The first-order valence-electron chi connectivity index (χ1n) is 16.7. The zero-order valence-corrected chi connectivity index (χ0v) is 27.2. The molecule has 0 atom stereocenters. The first kappa shape index (κ1) is 31.8. The van der Waals surface area contributed by atoms with Crippen molar-refractivity contribution in [1.82, 2.24) is 14.8 Å². The van der Waals surface area contributed by atoms with Crippen molar-refractivity contribution in [3.8, 4) is 5.75 Å². The number of pyridine rings is 1. The van der Waals surface area contributed by atoms with Gasteiger partial charge in [-0.25, -0.2) is 13.2 Å². The number of aromatic nitrogens is 1. The summed E-state index contributed by atoms with van der Waals surface area (Å²) in [5.74, 6) is -0.422. The van der Waals surface area contributed by atoms with Crippen LogP contribution in [0, 0.1) is 0 Å². The highest BCUT2D eigenvalue weighted by molar-refractivity contribution is 7.91. The lowest BCUT2D eigenvalue weighted by Gasteiger charge is -2.45. The third-order valence-electron chi connectivity index (χ3n) is 9.95. The highest BCUT2D eigenvalue weighted by atomic mass is 32.2. The Hall–Kier alpha value is -3.21. The number of benzene rings is 2. The number of carboxylic acid groups (broad SMARTS) is 1. The van der Waals surface area contributed by atoms with Gasteiger partial charge in [-0.3, -0.25) is 4.98 Å². The van der Waals surface area contributed by atoms with Crippen LogP contribution in [-0.2, 0) is 9.84 Å². The van der Waals surface area contributed by atoms with Crippen LogP contribution in [0.3, 0.4) is 0 Å². The first-order valence-corrected chi connectivity index (χ1v) is 18.2. The topological polar surface area (TPSA) is 103 Å². The Kier molecular flexibility index (Phi) is 9.92. The molecule has 10 heteroatoms. The summed E-state index contributed by atoms with van der Waals surface area (Å²) in [6, 6.07) is 12.5. The van der Waals surface area contributed by atoms with Gasteiger partial charge in [0.2, 0.25) is 9.84 Å². The fourth-order valence-corrected chi connectivity index (χ4v) is 8.78. The molecule has 0 amide bonds. The van der Waals surface area contributed by atoms with Gasteiger partial charge in [0.1, 0.15) is 10.6 Å². The molecule has 0 spiro atoms. The first-order chi connectivity index (χ1) is 21.8. The van der Waals surface area contributed by atoms with Gasteiger partial charge in [0.15, 0.2) is 0 Å². The molecule has 3 aromatic rings. The third kappa shape index (κ3) is 6.98. The van der Waals surface area contributed by atoms with Gasteiger partial charge in [0, 0.05) is 36.8 Å². The maximum atomic E-state index is 14.2. The minimum Gasteiger partial charge on any atom is -0.494 e. The van der Waals surface area contributed by atoms with E-state index in [1.165, 1.54) is 57.5 Å². The summed E-state index contributed by atoms with van der Waals surface area (Å²) in [6.45, 7) is 8.78. The van der Waals surface area contributed by atoms with Crippen LogP contribution >= 0.6 is 0 Å². The lowest BCUT2D eigenvalue weighted by atomic mass is 9.95. The summed E-state index contributed by atoms with van der Waals surface area (Å²) in [6.07, 6.45) is 11.7. The Bertz CT molecular complexity index is 1570. The Morgan fingerprint density at radius 2 is 1.53 bits per heavy atom. The normalized spacial score (nSPS) is 19.6. The van der Waals surface area contributed by atoms with Crippen LogP contribution in [0.1, 0.15) is 75.1 Å². The van der Waals surface area contributed by atoms with Crippen LogP contribution < -0.4 is 9.64 Å². The number of nitrogens with zero attached hydrogens (tertiary/aromatic N) is 4. The van der Waals surface area contributed by atoms with Crippen molar-refractivity contribution >= 4 is 32.4 Å². The summed E-state index contributed by atoms with van der Waals surface area (Å²) < 4.78 is 34.1. The molecule has 4 heterocycles. The summed E-state index contributed by atoms with van der Waals surface area (Å²) >= 11 is 0. The summed E-state index contributed by atoms with van der Waals surface area (Å²) in [7, 11) is -3.96. The molecule has 3 fully saturated rings. The third-order valence-corrected chi connectivity index (χ3v) is 11.7. The molecule has 242 valence electrons. The van der Waals surface area contributed by atoms with E-state index in [0.717, 1.165) is 38.8 Å². The van der Waals surface area contributed by atoms with Gasteiger partial charge in [-0.05, 0) is 114 Å². The van der Waals surface area contributed by atoms with Crippen molar-refractivity contribution in [1.29, 1.82) is 0 Å². The molecule has 3 saturated heterocycles. The van der Waals surface area contributed by atoms with Crippen molar-refractivity contribution in [3.63, 3.8) is 0 Å². The quantitative estimate of drug-likeness (QED) is 0.275. The largest absolute Gasteiger partial charge is 0.494 e. The van der Waals surface area contributed by atoms with Crippen LogP contribution in [0.5, 0.6) is 5.75 Å². The number of unbranched alkanes of at least 4 members (excludes halogenated alkanes) is 1. The Morgan fingerprint density at radius 1 is 0.889 bits per heavy atom. The van der Waals surface area contributed by atoms with Crippen molar-refractivity contribution in [3.05, 3.63) is 54.2 Å². The zero-order valence-electron chi connectivity index (χ0n) is 26.4. The number of carbonyl (C=O) groups is 1. The second-order valence-corrected chi connectivity index (χ2v) is 14.7. The molecule has 45 heavy (non-hydrogen) atoms. The molecule has 1 aromatic heterocycles. The molecular weight excluding hydrogens is 588 g/mol. The molecule has 0 bridgehead atoms. The fraction of sp³-hybridized carbons (Fsp3) is 0.543. The summed E-state index contributed by atoms with van der Waals surface area (Å²) in [5.41, 5.74) is 1.24. The lowest BCUT2D eigenvalue weighted by molar-refractivity contribution is 0.0654. The second kappa shape index (κ2) is 14.1. The van der Waals surface area contributed by atoms with Gasteiger partial charge in [-0.15, -0.1) is 0 Å². The van der Waals surface area contributed by atoms with E-state index < -0.39 is 15.8 Å². The van der Waals surface area contributed by atoms with E-state index in [-0.39, 0.29) is 15.4 Å². The van der Waals surface area contributed by atoms with Gasteiger partial charge in [0.05, 0.1) is 28.3 Å². The number of anilines is 1. The zero-order chi connectivity index (χ0) is 31.4. The number of rotatable bonds is 10. The highest BCUT2D eigenvalue weighted by Gasteiger charge is 2.33. The molecule has 6 rings (SSSR count). The molecule has 1 N–H and O–H groups in total. The predicted molar refractivity (Wildman–Crippen MR) is 176 cm³/mol. The van der Waals surface area contributed by atoms with Crippen LogP contribution in [0.15, 0.2) is 58.5 Å². The monoisotopic (exact) mass is 634 g/mol. The van der Waals surface area contributed by atoms with E-state index in [1.807, 2.05) is 0 Å². The number of likely N-dealkylation sites (tertiary alicyclic amines) is 2. The van der Waals surface area contributed by atoms with Crippen LogP contribution in [0.25, 0.3) is 10.9 Å². The average molecular weight is 635 g/mol. The van der Waals surface area contributed by atoms with Gasteiger partial charge in [-0.1, -0.05) is 19.8 Å². The molecule has 2 aromatic carbocycles. The maximum Gasteiger partial charge on any atom is 0.335 e. The second-order valence-electron chi connectivity index (χ2n) is 12.8. The lowest BCUT2D eigenvalue weighted by Crippen LogP contribution is -2.52. The number of sulfone groups is 1. The van der Waals surface area contributed by atoms with E-state index in [4.69, 9.17) is 4.74 Å². The van der Waals surface area contributed by atoms with Gasteiger partial charge >= 0.3 is 5.97 Å². The van der Waals surface area contributed by atoms with Gasteiger partial charge in [0.25, 0.3) is 0 Å². The van der Waals surface area contributed by atoms with Gasteiger partial charge in [-0.2, -0.15) is 0 Å². The highest BCUT2D eigenvalue weighted by Crippen LogP contribution is 2.38. The SMILES string of the molecule is CCCCOc1ccc(S(=O)(=O)c2cnc3ccc(C(=O)O)cc3c2N2CCC(N3CCC(N4CCCCC4)CC3)CC2)cc1. The van der Waals surface area contributed by atoms with E-state index in [2.05, 4.69) is 26.6 Å². The van der Waals surface area contributed by atoms with Crippen molar-refractivity contribution < 1.29 is 23.1 Å². The molecule has 9 nitrogen and oxygen atoms in total. The van der Waals surface area contributed by atoms with Crippen molar-refractivity contribution in [2.24, 2.45) is 0 Å². The van der Waals surface area contributed by atoms with Gasteiger partial charge < -0.3 is 24.5 Å². The Balaban J connectivity index is 1.24. The average Bonchev–Trinajstić information content (AvgIpc) is 3.08. The maximum absolute atomic E-state index is 14.2. The minimum atomic E-state index is -3.96. The molecule has 0 radical (unpaired) electrons. The van der Waals surface area contributed by atoms with Crippen molar-refractivity contribution in [2.75, 3.05) is 50.8 Å². The van der Waals surface area contributed by atoms with E-state index in [0.29, 0.717) is 54.1 Å². The number of hydrogen-bond acceptors (Lipinski definition) is 8. The van der Waals surface area contributed by atoms with Crippen LogP contribution in [-0.4, -0.2) is 92.2 Å². The van der Waals surface area contributed by atoms with Crippen molar-refractivity contribution in [2.45, 2.75) is 86.6 Å². The molecule has 0 aliphatic carbocycles. The van der Waals surface area contributed by atoms with Crippen LogP contribution in [0.4, 0.5) is 5.69 Å². The standard InChI is InChI=1S/C35H46N4O5S/c1-2-3-23-44-29-8-10-30(11-9-29)45(42,43)33-25-36-32-12-7-26(35(40)41)24-31(32)34(33)39-21-15-28(16-22-39)38-19-13-27(14-20-38)37-17-5-4-6-18-37/h7-12,24-25,27-28H,2-6,13-23H2,1H3,(H,40,41). The number of carboxylic acids is 1. The number of piperidine rings is 3. The molecule has 3 aliphatic heterocycles. The minimum absolute atomic E-state index is 0.109. The molecule has 0 saturated carbocycles. The molecule has 0 unspecified atom stereocenters. The number of aromatic carboxylic acids is 1.